The summed E-state index contributed by atoms with van der Waals surface area (Å²) in [5.41, 5.74) is 2.47. The maximum Gasteiger partial charge on any atom is 0.175 e. The molecule has 20 heavy (non-hydrogen) atoms. The van der Waals surface area contributed by atoms with Crippen molar-refractivity contribution in [2.24, 2.45) is 5.92 Å². The second-order valence-electron chi connectivity index (χ2n) is 5.38. The van der Waals surface area contributed by atoms with Gasteiger partial charge >= 0.3 is 0 Å². The molecule has 2 rings (SSSR count). The summed E-state index contributed by atoms with van der Waals surface area (Å²) in [5, 5.41) is 16.0. The molecule has 0 aliphatic carbocycles. The lowest BCUT2D eigenvalue weighted by atomic mass is 10.1. The molecule has 0 atom stereocenters. The van der Waals surface area contributed by atoms with Gasteiger partial charge in [-0.05, 0) is 31.0 Å². The van der Waals surface area contributed by atoms with E-state index >= 15 is 0 Å². The van der Waals surface area contributed by atoms with Gasteiger partial charge in [0, 0.05) is 18.3 Å². The van der Waals surface area contributed by atoms with Gasteiger partial charge < -0.3 is 5.32 Å². The summed E-state index contributed by atoms with van der Waals surface area (Å²) < 4.78 is 1.91. The highest BCUT2D eigenvalue weighted by molar-refractivity contribution is 5.28. The van der Waals surface area contributed by atoms with E-state index in [0.29, 0.717) is 5.92 Å². The highest BCUT2D eigenvalue weighted by Crippen LogP contribution is 2.15. The minimum Gasteiger partial charge on any atom is -0.312 e. The summed E-state index contributed by atoms with van der Waals surface area (Å²) in [6, 6.07) is 3.82. The highest BCUT2D eigenvalue weighted by atomic mass is 15.3. The Morgan fingerprint density at radius 1 is 1.35 bits per heavy atom. The second-order valence-corrected chi connectivity index (χ2v) is 5.38. The molecule has 5 heteroatoms. The zero-order valence-electron chi connectivity index (χ0n) is 12.5. The highest BCUT2D eigenvalue weighted by Gasteiger charge is 2.12. The van der Waals surface area contributed by atoms with Crippen molar-refractivity contribution in [2.45, 2.75) is 40.2 Å². The van der Waals surface area contributed by atoms with Gasteiger partial charge in [0.25, 0.3) is 0 Å². The second kappa shape index (κ2) is 7.14. The van der Waals surface area contributed by atoms with Crippen LogP contribution in [0.3, 0.4) is 0 Å². The molecule has 0 radical (unpaired) electrons. The summed E-state index contributed by atoms with van der Waals surface area (Å²) in [5.74, 6) is 1.44. The number of hydrogen-bond acceptors (Lipinski definition) is 4. The van der Waals surface area contributed by atoms with E-state index in [4.69, 9.17) is 0 Å². The average Bonchev–Trinajstić information content (AvgIpc) is 2.83. The van der Waals surface area contributed by atoms with E-state index in [1.165, 1.54) is 11.3 Å². The number of rotatable bonds is 7. The lowest BCUT2D eigenvalue weighted by Gasteiger charge is -2.09. The summed E-state index contributed by atoms with van der Waals surface area (Å²) in [4.78, 5) is 0. The van der Waals surface area contributed by atoms with Crippen molar-refractivity contribution in [3.63, 3.8) is 0 Å². The van der Waals surface area contributed by atoms with Crippen molar-refractivity contribution in [1.29, 1.82) is 0 Å². The lowest BCUT2D eigenvalue weighted by Crippen LogP contribution is -2.19. The largest absolute Gasteiger partial charge is 0.312 e. The standard InChI is InChI=1S/C15H23N5/c1-4-6-14-13(10-16-9-12(2)3)11-18-20(14)15-7-5-8-17-19-15/h5,7-8,11-12,16H,4,6,9-10H2,1-3H3. The molecule has 2 aromatic rings. The Morgan fingerprint density at radius 2 is 2.20 bits per heavy atom. The lowest BCUT2D eigenvalue weighted by molar-refractivity contribution is 0.550. The molecule has 0 aliphatic heterocycles. The molecule has 0 spiro atoms. The molecule has 0 bridgehead atoms. The van der Waals surface area contributed by atoms with Crippen LogP contribution in [0.25, 0.3) is 5.82 Å². The molecular formula is C15H23N5. The summed E-state index contributed by atoms with van der Waals surface area (Å²) in [7, 11) is 0. The fourth-order valence-corrected chi connectivity index (χ4v) is 2.16. The number of nitrogens with zero attached hydrogens (tertiary/aromatic N) is 4. The SMILES string of the molecule is CCCc1c(CNCC(C)C)cnn1-c1cccnn1. The quantitative estimate of drug-likeness (QED) is 0.841. The van der Waals surface area contributed by atoms with Crippen LogP contribution in [0.2, 0.25) is 0 Å². The molecule has 0 saturated heterocycles. The Kier molecular flexibility index (Phi) is 5.24. The first-order valence-corrected chi connectivity index (χ1v) is 7.27. The van der Waals surface area contributed by atoms with Crippen molar-refractivity contribution >= 4 is 0 Å². The van der Waals surface area contributed by atoms with Crippen LogP contribution in [0.5, 0.6) is 0 Å². The Morgan fingerprint density at radius 3 is 2.85 bits per heavy atom. The molecule has 0 saturated carbocycles. The van der Waals surface area contributed by atoms with Crippen LogP contribution in [0.1, 0.15) is 38.4 Å². The normalized spacial score (nSPS) is 11.2. The van der Waals surface area contributed by atoms with Crippen molar-refractivity contribution in [1.82, 2.24) is 25.3 Å². The Labute approximate surface area is 120 Å². The van der Waals surface area contributed by atoms with Crippen molar-refractivity contribution in [3.05, 3.63) is 35.8 Å². The fraction of sp³-hybridized carbons (Fsp3) is 0.533. The Hall–Kier alpha value is -1.75. The number of nitrogens with one attached hydrogen (secondary N) is 1. The van der Waals surface area contributed by atoms with Gasteiger partial charge in [0.05, 0.1) is 11.9 Å². The molecule has 5 nitrogen and oxygen atoms in total. The molecular weight excluding hydrogens is 250 g/mol. The molecule has 2 aromatic heterocycles. The van der Waals surface area contributed by atoms with Gasteiger partial charge in [-0.15, -0.1) is 5.10 Å². The van der Waals surface area contributed by atoms with Gasteiger partial charge in [-0.3, -0.25) is 0 Å². The first kappa shape index (κ1) is 14.7. The summed E-state index contributed by atoms with van der Waals surface area (Å²) in [6.07, 6.45) is 5.70. The predicted molar refractivity (Wildman–Crippen MR) is 79.7 cm³/mol. The molecule has 1 N–H and O–H groups in total. The maximum absolute atomic E-state index is 4.48. The zero-order valence-corrected chi connectivity index (χ0v) is 12.5. The molecule has 0 fully saturated rings. The maximum atomic E-state index is 4.48. The first-order valence-electron chi connectivity index (χ1n) is 7.27. The Bertz CT molecular complexity index is 518. The zero-order chi connectivity index (χ0) is 14.4. The molecule has 108 valence electrons. The van der Waals surface area contributed by atoms with E-state index in [1.54, 1.807) is 6.20 Å². The van der Waals surface area contributed by atoms with Gasteiger partial charge in [-0.1, -0.05) is 27.2 Å². The van der Waals surface area contributed by atoms with Crippen molar-refractivity contribution in [2.75, 3.05) is 6.54 Å². The van der Waals surface area contributed by atoms with Gasteiger partial charge in [-0.25, -0.2) is 4.68 Å². The Balaban J connectivity index is 2.19. The topological polar surface area (TPSA) is 55.6 Å². The number of hydrogen-bond donors (Lipinski definition) is 1. The van der Waals surface area contributed by atoms with Gasteiger partial charge in [0.15, 0.2) is 5.82 Å². The molecule has 0 unspecified atom stereocenters. The van der Waals surface area contributed by atoms with Crippen LogP contribution in [-0.4, -0.2) is 26.5 Å². The van der Waals surface area contributed by atoms with E-state index in [1.807, 2.05) is 23.0 Å². The third-order valence-electron chi connectivity index (χ3n) is 3.09. The third kappa shape index (κ3) is 3.63. The molecule has 0 aliphatic rings. The van der Waals surface area contributed by atoms with Crippen molar-refractivity contribution in [3.8, 4) is 5.82 Å². The van der Waals surface area contributed by atoms with E-state index in [-0.39, 0.29) is 0 Å². The third-order valence-corrected chi connectivity index (χ3v) is 3.09. The van der Waals surface area contributed by atoms with E-state index in [2.05, 4.69) is 41.4 Å². The molecule has 0 aromatic carbocycles. The number of aromatic nitrogens is 4. The van der Waals surface area contributed by atoms with Crippen LogP contribution < -0.4 is 5.32 Å². The molecule has 0 amide bonds. The fourth-order valence-electron chi connectivity index (χ4n) is 2.16. The first-order chi connectivity index (χ1) is 9.72. The van der Waals surface area contributed by atoms with Crippen LogP contribution >= 0.6 is 0 Å². The monoisotopic (exact) mass is 273 g/mol. The van der Waals surface area contributed by atoms with E-state index in [9.17, 15) is 0 Å². The van der Waals surface area contributed by atoms with Crippen LogP contribution in [-0.2, 0) is 13.0 Å². The van der Waals surface area contributed by atoms with Crippen LogP contribution in [0.4, 0.5) is 0 Å². The van der Waals surface area contributed by atoms with Gasteiger partial charge in [-0.2, -0.15) is 10.2 Å². The smallest absolute Gasteiger partial charge is 0.175 e. The molecule has 2 heterocycles. The minimum absolute atomic E-state index is 0.652. The summed E-state index contributed by atoms with van der Waals surface area (Å²) >= 11 is 0. The predicted octanol–water partition coefficient (Wildman–Crippen LogP) is 2.36. The van der Waals surface area contributed by atoms with Gasteiger partial charge in [0.2, 0.25) is 0 Å². The van der Waals surface area contributed by atoms with Gasteiger partial charge in [0.1, 0.15) is 0 Å². The van der Waals surface area contributed by atoms with E-state index in [0.717, 1.165) is 31.7 Å². The van der Waals surface area contributed by atoms with Crippen LogP contribution in [0, 0.1) is 5.92 Å². The minimum atomic E-state index is 0.652. The average molecular weight is 273 g/mol. The van der Waals surface area contributed by atoms with Crippen molar-refractivity contribution < 1.29 is 0 Å². The van der Waals surface area contributed by atoms with E-state index < -0.39 is 0 Å². The summed E-state index contributed by atoms with van der Waals surface area (Å²) in [6.45, 7) is 8.47. The van der Waals surface area contributed by atoms with Crippen LogP contribution in [0.15, 0.2) is 24.5 Å².